The van der Waals surface area contributed by atoms with Gasteiger partial charge in [0.15, 0.2) is 6.29 Å². The van der Waals surface area contributed by atoms with Gasteiger partial charge in [-0.3, -0.25) is 4.79 Å². The van der Waals surface area contributed by atoms with Gasteiger partial charge in [-0.1, -0.05) is 0 Å². The fraction of sp³-hybridized carbons (Fsp3) is 0.714. The van der Waals surface area contributed by atoms with Gasteiger partial charge in [-0.15, -0.1) is 0 Å². The molecule has 0 bridgehead atoms. The van der Waals surface area contributed by atoms with Gasteiger partial charge in [0.1, 0.15) is 36.6 Å². The van der Waals surface area contributed by atoms with E-state index in [4.69, 9.17) is 19.3 Å². The van der Waals surface area contributed by atoms with E-state index in [-0.39, 0.29) is 0 Å². The van der Waals surface area contributed by atoms with Gasteiger partial charge in [0.25, 0.3) is 0 Å². The van der Waals surface area contributed by atoms with Crippen LogP contribution < -0.4 is 5.32 Å². The number of carboxylic acids is 1. The Bertz CT molecular complexity index is 567. The normalized spacial score (nSPS) is 40.3. The molecule has 2 rings (SSSR count). The lowest BCUT2D eigenvalue weighted by atomic mass is 9.96. The van der Waals surface area contributed by atoms with Crippen LogP contribution in [0.5, 0.6) is 0 Å². The van der Waals surface area contributed by atoms with E-state index in [1.165, 1.54) is 0 Å². The predicted octanol–water partition coefficient (Wildman–Crippen LogP) is -4.01. The lowest BCUT2D eigenvalue weighted by molar-refractivity contribution is -0.306. The number of carbonyl (C=O) groups excluding carboxylic acids is 1. The van der Waals surface area contributed by atoms with Crippen molar-refractivity contribution in [3.63, 3.8) is 0 Å². The van der Waals surface area contributed by atoms with Gasteiger partial charge < -0.3 is 50.2 Å². The molecule has 0 unspecified atom stereocenters. The van der Waals surface area contributed by atoms with Crippen molar-refractivity contribution in [1.29, 1.82) is 0 Å². The van der Waals surface area contributed by atoms with Crippen LogP contribution in [0.3, 0.4) is 0 Å². The van der Waals surface area contributed by atoms with Crippen LogP contribution in [0.1, 0.15) is 6.92 Å². The quantitative estimate of drug-likeness (QED) is 0.246. The van der Waals surface area contributed by atoms with Crippen molar-refractivity contribution in [2.75, 3.05) is 6.61 Å². The van der Waals surface area contributed by atoms with Crippen molar-refractivity contribution in [3.8, 4) is 0 Å². The van der Waals surface area contributed by atoms with Crippen LogP contribution in [0.15, 0.2) is 11.8 Å². The molecule has 0 aromatic rings. The number of rotatable bonds is 5. The first-order chi connectivity index (χ1) is 12.1. The highest BCUT2D eigenvalue weighted by Crippen LogP contribution is 2.27. The standard InChI is InChI=1S/C14H21NO11/c1-4(17)15-8-10(20)11(7(3-16)24-13(8)23)26-14-9(19)5(18)2-6(25-14)12(21)22/h2,5,7-11,13-14,16,18-20,23H,3H2,1H3,(H,15,17)(H,21,22)/t5-,7+,8+,9+,10+,11+,13+,14-/m0/s1. The second kappa shape index (κ2) is 8.26. The minimum absolute atomic E-state index is 0.585. The van der Waals surface area contributed by atoms with E-state index in [9.17, 15) is 35.1 Å². The molecule has 148 valence electrons. The van der Waals surface area contributed by atoms with Crippen molar-refractivity contribution in [2.24, 2.45) is 0 Å². The summed E-state index contributed by atoms with van der Waals surface area (Å²) < 4.78 is 15.4. The summed E-state index contributed by atoms with van der Waals surface area (Å²) in [6.45, 7) is 0.431. The maximum absolute atomic E-state index is 11.2. The minimum atomic E-state index is -1.72. The van der Waals surface area contributed by atoms with Gasteiger partial charge in [0.05, 0.1) is 6.61 Å². The number of hydrogen-bond donors (Lipinski definition) is 7. The number of aliphatic hydroxyl groups is 5. The van der Waals surface area contributed by atoms with Gasteiger partial charge >= 0.3 is 5.97 Å². The average molecular weight is 379 g/mol. The molecule has 0 saturated carbocycles. The summed E-state index contributed by atoms with van der Waals surface area (Å²) in [5, 5.41) is 60.5. The van der Waals surface area contributed by atoms with Crippen molar-refractivity contribution < 1.29 is 54.4 Å². The molecular weight excluding hydrogens is 358 g/mol. The number of nitrogens with one attached hydrogen (secondary N) is 1. The van der Waals surface area contributed by atoms with Crippen LogP contribution in [-0.4, -0.2) is 98.3 Å². The summed E-state index contributed by atoms with van der Waals surface area (Å²) in [5.74, 6) is -2.79. The monoisotopic (exact) mass is 379 g/mol. The van der Waals surface area contributed by atoms with Crippen molar-refractivity contribution in [1.82, 2.24) is 5.32 Å². The molecule has 7 N–H and O–H groups in total. The first kappa shape index (κ1) is 20.5. The molecule has 0 radical (unpaired) electrons. The second-order valence-electron chi connectivity index (χ2n) is 5.87. The largest absolute Gasteiger partial charge is 0.475 e. The summed E-state index contributed by atoms with van der Waals surface area (Å²) in [6, 6.07) is -1.32. The summed E-state index contributed by atoms with van der Waals surface area (Å²) in [5.41, 5.74) is 0. The Morgan fingerprint density at radius 2 is 1.88 bits per heavy atom. The molecule has 1 saturated heterocycles. The lowest BCUT2D eigenvalue weighted by Gasteiger charge is -2.44. The zero-order valence-corrected chi connectivity index (χ0v) is 13.6. The van der Waals surface area contributed by atoms with Crippen molar-refractivity contribution >= 4 is 11.9 Å². The average Bonchev–Trinajstić information content (AvgIpc) is 2.56. The topological polar surface area (TPSA) is 195 Å². The lowest BCUT2D eigenvalue weighted by Crippen LogP contribution is -2.65. The Labute approximate surface area is 147 Å². The Balaban J connectivity index is 2.19. The molecule has 26 heavy (non-hydrogen) atoms. The first-order valence-electron chi connectivity index (χ1n) is 7.68. The number of ether oxygens (including phenoxy) is 3. The molecule has 0 spiro atoms. The first-order valence-corrected chi connectivity index (χ1v) is 7.68. The summed E-state index contributed by atoms with van der Waals surface area (Å²) >= 11 is 0. The maximum Gasteiger partial charge on any atom is 0.371 e. The third kappa shape index (κ3) is 4.29. The number of aliphatic carboxylic acids is 1. The fourth-order valence-corrected chi connectivity index (χ4v) is 2.67. The van der Waals surface area contributed by atoms with Crippen LogP contribution in [0.25, 0.3) is 0 Å². The third-order valence-electron chi connectivity index (χ3n) is 3.94. The maximum atomic E-state index is 11.2. The Morgan fingerprint density at radius 1 is 1.23 bits per heavy atom. The molecule has 12 nitrogen and oxygen atoms in total. The number of hydrogen-bond acceptors (Lipinski definition) is 10. The van der Waals surface area contributed by atoms with Gasteiger partial charge in [-0.25, -0.2) is 4.79 Å². The van der Waals surface area contributed by atoms with Crippen LogP contribution in [0, 0.1) is 0 Å². The SMILES string of the molecule is CC(=O)N[C@@H]1[C@@H](O)[C@H](O[C@@H]2OC(C(=O)O)=C[C@H](O)[C@H]2O)[C@@H](CO)O[C@H]1O. The van der Waals surface area contributed by atoms with E-state index in [0.29, 0.717) is 0 Å². The minimum Gasteiger partial charge on any atom is -0.475 e. The zero-order chi connectivity index (χ0) is 19.6. The molecule has 2 aliphatic rings. The Kier molecular flexibility index (Phi) is 6.52. The number of amides is 1. The molecule has 0 aromatic heterocycles. The van der Waals surface area contributed by atoms with Gasteiger partial charge in [0, 0.05) is 6.92 Å². The van der Waals surface area contributed by atoms with Gasteiger partial charge in [-0.2, -0.15) is 0 Å². The highest BCUT2D eigenvalue weighted by Gasteiger charge is 2.48. The zero-order valence-electron chi connectivity index (χ0n) is 13.6. The van der Waals surface area contributed by atoms with Crippen LogP contribution in [0.2, 0.25) is 0 Å². The van der Waals surface area contributed by atoms with E-state index < -0.39 is 73.4 Å². The van der Waals surface area contributed by atoms with Crippen LogP contribution in [-0.2, 0) is 23.8 Å². The van der Waals surface area contributed by atoms with Gasteiger partial charge in [-0.05, 0) is 6.08 Å². The van der Waals surface area contributed by atoms with Gasteiger partial charge in [0.2, 0.25) is 18.0 Å². The molecule has 2 heterocycles. The molecule has 1 fully saturated rings. The molecule has 0 aliphatic carbocycles. The molecular formula is C14H21NO11. The molecule has 2 aliphatic heterocycles. The van der Waals surface area contributed by atoms with E-state index in [0.717, 1.165) is 13.0 Å². The van der Waals surface area contributed by atoms with Crippen molar-refractivity contribution in [3.05, 3.63) is 11.8 Å². The summed E-state index contributed by atoms with van der Waals surface area (Å²) in [6.07, 6.45) is -10.2. The second-order valence-corrected chi connectivity index (χ2v) is 5.87. The Morgan fingerprint density at radius 3 is 2.42 bits per heavy atom. The fourth-order valence-electron chi connectivity index (χ4n) is 2.67. The molecule has 0 aromatic carbocycles. The van der Waals surface area contributed by atoms with Crippen LogP contribution in [0.4, 0.5) is 0 Å². The van der Waals surface area contributed by atoms with E-state index in [1.807, 2.05) is 0 Å². The highest BCUT2D eigenvalue weighted by molar-refractivity contribution is 5.84. The number of carbonyl (C=O) groups is 2. The number of carboxylic acid groups (broad SMARTS) is 1. The van der Waals surface area contributed by atoms with E-state index in [1.54, 1.807) is 0 Å². The van der Waals surface area contributed by atoms with Crippen LogP contribution >= 0.6 is 0 Å². The summed E-state index contributed by atoms with van der Waals surface area (Å²) in [7, 11) is 0. The molecule has 1 amide bonds. The summed E-state index contributed by atoms with van der Waals surface area (Å²) in [4.78, 5) is 22.2. The predicted molar refractivity (Wildman–Crippen MR) is 79.1 cm³/mol. The third-order valence-corrected chi connectivity index (χ3v) is 3.94. The Hall–Kier alpha value is -1.80. The molecule has 12 heteroatoms. The van der Waals surface area contributed by atoms with E-state index >= 15 is 0 Å². The highest BCUT2D eigenvalue weighted by atomic mass is 16.7. The van der Waals surface area contributed by atoms with E-state index in [2.05, 4.69) is 5.32 Å². The number of aliphatic hydroxyl groups excluding tert-OH is 5. The van der Waals surface area contributed by atoms with Crippen molar-refractivity contribution in [2.45, 2.75) is 56.1 Å². The smallest absolute Gasteiger partial charge is 0.371 e. The molecule has 8 atom stereocenters.